The topological polar surface area (TPSA) is 86.5 Å². The molecule has 1 aromatic carbocycles. The summed E-state index contributed by atoms with van der Waals surface area (Å²) in [5.41, 5.74) is 1.73. The summed E-state index contributed by atoms with van der Waals surface area (Å²) in [6.07, 6.45) is 0. The number of hydrogen-bond donors (Lipinski definition) is 1. The van der Waals surface area contributed by atoms with Gasteiger partial charge in [0, 0.05) is 17.0 Å². The van der Waals surface area contributed by atoms with Crippen molar-refractivity contribution in [2.24, 2.45) is 0 Å². The number of aromatic nitrogens is 2. The van der Waals surface area contributed by atoms with E-state index >= 15 is 0 Å². The van der Waals surface area contributed by atoms with Gasteiger partial charge in [0.05, 0.1) is 12.8 Å². The van der Waals surface area contributed by atoms with Gasteiger partial charge in [0.15, 0.2) is 11.7 Å². The highest BCUT2D eigenvalue weighted by Gasteiger charge is 2.10. The lowest BCUT2D eigenvalue weighted by molar-refractivity contribution is -0.118. The molecule has 0 unspecified atom stereocenters. The Hall–Kier alpha value is -2.87. The first-order chi connectivity index (χ1) is 11.6. The first-order valence-electron chi connectivity index (χ1n) is 7.10. The lowest BCUT2D eigenvalue weighted by Gasteiger charge is -2.02. The van der Waals surface area contributed by atoms with E-state index in [0.717, 1.165) is 17.0 Å². The van der Waals surface area contributed by atoms with Crippen molar-refractivity contribution in [3.8, 4) is 22.9 Å². The molecule has 0 radical (unpaired) electrons. The van der Waals surface area contributed by atoms with E-state index in [1.54, 1.807) is 20.1 Å². The number of rotatable bonds is 6. The third kappa shape index (κ3) is 3.90. The van der Waals surface area contributed by atoms with Crippen molar-refractivity contribution in [3.05, 3.63) is 41.5 Å². The van der Waals surface area contributed by atoms with Crippen LogP contribution in [0.1, 0.15) is 5.76 Å². The molecule has 0 aliphatic carbocycles. The molecule has 0 fully saturated rings. The zero-order valence-corrected chi connectivity index (χ0v) is 13.9. The Kier molecular flexibility index (Phi) is 4.76. The number of hydrogen-bond acceptors (Lipinski definition) is 7. The number of methoxy groups -OCH3 is 1. The number of nitrogens with zero attached hydrogens (tertiary/aromatic N) is 2. The second-order valence-electron chi connectivity index (χ2n) is 4.88. The molecular weight excluding hydrogens is 330 g/mol. The fourth-order valence-corrected chi connectivity index (χ4v) is 2.67. The van der Waals surface area contributed by atoms with E-state index in [0.29, 0.717) is 10.9 Å². The predicted octanol–water partition coefficient (Wildman–Crippen LogP) is 3.13. The van der Waals surface area contributed by atoms with Crippen molar-refractivity contribution in [2.45, 2.75) is 6.92 Å². The summed E-state index contributed by atoms with van der Waals surface area (Å²) in [4.78, 5) is 16.3. The number of thiazole rings is 1. The molecule has 2 aromatic heterocycles. The van der Waals surface area contributed by atoms with E-state index in [4.69, 9.17) is 14.0 Å². The third-order valence-corrected chi connectivity index (χ3v) is 3.85. The summed E-state index contributed by atoms with van der Waals surface area (Å²) in [5, 5.41) is 8.72. The molecule has 3 aromatic rings. The highest BCUT2D eigenvalue weighted by atomic mass is 32.1. The molecule has 2 heterocycles. The van der Waals surface area contributed by atoms with Crippen molar-refractivity contribution in [2.75, 3.05) is 19.0 Å². The van der Waals surface area contributed by atoms with E-state index in [1.807, 2.05) is 29.6 Å². The fourth-order valence-electron chi connectivity index (χ4n) is 1.93. The maximum absolute atomic E-state index is 11.9. The minimum Gasteiger partial charge on any atom is -0.497 e. The summed E-state index contributed by atoms with van der Waals surface area (Å²) in [7, 11) is 1.62. The molecule has 1 N–H and O–H groups in total. The van der Waals surface area contributed by atoms with Crippen LogP contribution in [0.4, 0.5) is 5.13 Å². The van der Waals surface area contributed by atoms with Gasteiger partial charge in [-0.3, -0.25) is 10.1 Å². The molecule has 0 aliphatic heterocycles. The van der Waals surface area contributed by atoms with Gasteiger partial charge in [0.25, 0.3) is 11.8 Å². The number of nitrogens with one attached hydrogen (secondary N) is 1. The van der Waals surface area contributed by atoms with E-state index < -0.39 is 0 Å². The average molecular weight is 345 g/mol. The number of carbonyl (C=O) groups is 1. The Balaban J connectivity index is 1.57. The van der Waals surface area contributed by atoms with Gasteiger partial charge in [-0.1, -0.05) is 0 Å². The van der Waals surface area contributed by atoms with Crippen molar-refractivity contribution >= 4 is 22.4 Å². The lowest BCUT2D eigenvalue weighted by Crippen LogP contribution is -2.20. The van der Waals surface area contributed by atoms with Crippen LogP contribution >= 0.6 is 11.3 Å². The lowest BCUT2D eigenvalue weighted by atomic mass is 10.2. The minimum atomic E-state index is -0.314. The van der Waals surface area contributed by atoms with Crippen LogP contribution in [0, 0.1) is 6.92 Å². The van der Waals surface area contributed by atoms with Crippen LogP contribution in [-0.2, 0) is 4.79 Å². The maximum Gasteiger partial charge on any atom is 0.264 e. The maximum atomic E-state index is 11.9. The zero-order valence-electron chi connectivity index (χ0n) is 13.1. The zero-order chi connectivity index (χ0) is 16.9. The number of ether oxygens (including phenoxy) is 2. The molecule has 124 valence electrons. The van der Waals surface area contributed by atoms with Crippen LogP contribution < -0.4 is 14.8 Å². The van der Waals surface area contributed by atoms with Crippen LogP contribution in [-0.4, -0.2) is 29.8 Å². The Morgan fingerprint density at radius 2 is 2.12 bits per heavy atom. The van der Waals surface area contributed by atoms with E-state index in [9.17, 15) is 4.79 Å². The van der Waals surface area contributed by atoms with Gasteiger partial charge >= 0.3 is 0 Å². The molecule has 1 amide bonds. The predicted molar refractivity (Wildman–Crippen MR) is 89.5 cm³/mol. The van der Waals surface area contributed by atoms with Crippen molar-refractivity contribution < 1.29 is 18.8 Å². The summed E-state index contributed by atoms with van der Waals surface area (Å²) in [6.45, 7) is 1.58. The summed E-state index contributed by atoms with van der Waals surface area (Å²) in [6, 6.07) is 9.16. The van der Waals surface area contributed by atoms with Crippen LogP contribution in [0.3, 0.4) is 0 Å². The standard InChI is InChI=1S/C16H15N3O4S/c1-10-7-15(19-23-10)22-8-14(20)18-16-17-13(9-24-16)11-3-5-12(21-2)6-4-11/h3-7,9H,8H2,1-2H3,(H,17,18,20). The highest BCUT2D eigenvalue weighted by Crippen LogP contribution is 2.26. The molecule has 0 bridgehead atoms. The molecule has 3 rings (SSSR count). The summed E-state index contributed by atoms with van der Waals surface area (Å²) in [5.74, 6) is 1.37. The monoisotopic (exact) mass is 345 g/mol. The number of anilines is 1. The first kappa shape index (κ1) is 16.0. The Bertz CT molecular complexity index is 826. The number of amides is 1. The molecule has 24 heavy (non-hydrogen) atoms. The molecule has 0 aliphatic rings. The van der Waals surface area contributed by atoms with Crippen LogP contribution in [0.25, 0.3) is 11.3 Å². The quantitative estimate of drug-likeness (QED) is 0.738. The third-order valence-electron chi connectivity index (χ3n) is 3.09. The normalized spacial score (nSPS) is 10.4. The van der Waals surface area contributed by atoms with E-state index in [1.165, 1.54) is 11.3 Å². The van der Waals surface area contributed by atoms with Crippen molar-refractivity contribution in [1.29, 1.82) is 0 Å². The van der Waals surface area contributed by atoms with Crippen LogP contribution in [0.15, 0.2) is 40.2 Å². The fraction of sp³-hybridized carbons (Fsp3) is 0.188. The second-order valence-corrected chi connectivity index (χ2v) is 5.74. The summed E-state index contributed by atoms with van der Waals surface area (Å²) < 4.78 is 15.2. The Morgan fingerprint density at radius 3 is 2.79 bits per heavy atom. The first-order valence-corrected chi connectivity index (χ1v) is 7.98. The molecule has 0 saturated heterocycles. The second kappa shape index (κ2) is 7.14. The molecule has 7 nitrogen and oxygen atoms in total. The molecule has 0 atom stereocenters. The van der Waals surface area contributed by atoms with E-state index in [2.05, 4.69) is 15.5 Å². The molecule has 0 spiro atoms. The number of benzene rings is 1. The van der Waals surface area contributed by atoms with Gasteiger partial charge in [0.1, 0.15) is 11.5 Å². The molecule has 0 saturated carbocycles. The van der Waals surface area contributed by atoms with Gasteiger partial charge in [-0.15, -0.1) is 11.3 Å². The SMILES string of the molecule is COc1ccc(-c2csc(NC(=O)COc3cc(C)on3)n2)cc1. The van der Waals surface area contributed by atoms with Crippen LogP contribution in [0.5, 0.6) is 11.6 Å². The Morgan fingerprint density at radius 1 is 1.33 bits per heavy atom. The smallest absolute Gasteiger partial charge is 0.264 e. The number of carbonyl (C=O) groups excluding carboxylic acids is 1. The molecule has 8 heteroatoms. The van der Waals surface area contributed by atoms with Crippen LogP contribution in [0.2, 0.25) is 0 Å². The minimum absolute atomic E-state index is 0.163. The van der Waals surface area contributed by atoms with Gasteiger partial charge in [0.2, 0.25) is 0 Å². The largest absolute Gasteiger partial charge is 0.497 e. The highest BCUT2D eigenvalue weighted by molar-refractivity contribution is 7.14. The van der Waals surface area contributed by atoms with Crippen molar-refractivity contribution in [3.63, 3.8) is 0 Å². The molecular formula is C16H15N3O4S. The van der Waals surface area contributed by atoms with Gasteiger partial charge < -0.3 is 14.0 Å². The van der Waals surface area contributed by atoms with Crippen molar-refractivity contribution in [1.82, 2.24) is 10.1 Å². The average Bonchev–Trinajstić information content (AvgIpc) is 3.22. The van der Waals surface area contributed by atoms with Gasteiger partial charge in [-0.25, -0.2) is 4.98 Å². The Labute approximate surface area is 142 Å². The number of aryl methyl sites for hydroxylation is 1. The van der Waals surface area contributed by atoms with Gasteiger partial charge in [-0.2, -0.15) is 0 Å². The van der Waals surface area contributed by atoms with Gasteiger partial charge in [-0.05, 0) is 36.3 Å². The summed E-state index contributed by atoms with van der Waals surface area (Å²) >= 11 is 1.34. The van der Waals surface area contributed by atoms with E-state index in [-0.39, 0.29) is 18.4 Å².